The van der Waals surface area contributed by atoms with E-state index < -0.39 is 11.8 Å². The predicted molar refractivity (Wildman–Crippen MR) is 120 cm³/mol. The van der Waals surface area contributed by atoms with Crippen LogP contribution in [0.25, 0.3) is 0 Å². The van der Waals surface area contributed by atoms with Crippen LogP contribution in [0.15, 0.2) is 24.3 Å². The number of hydrogen-bond donors (Lipinski definition) is 2. The third-order valence-electron chi connectivity index (χ3n) is 5.84. The summed E-state index contributed by atoms with van der Waals surface area (Å²) in [6.45, 7) is 4.80. The Balaban J connectivity index is 1.68. The SMILES string of the molecule is CC(C)c1nc(N2CCCC(F)(F)CC2)c(C(=O)Nc2ccc3c(c2)C(=O)NC3)cc1Cl. The molecule has 0 bridgehead atoms. The van der Waals surface area contributed by atoms with E-state index in [1.807, 2.05) is 13.8 Å². The van der Waals surface area contributed by atoms with Gasteiger partial charge in [0, 0.05) is 43.7 Å². The summed E-state index contributed by atoms with van der Waals surface area (Å²) < 4.78 is 27.9. The van der Waals surface area contributed by atoms with Crippen LogP contribution in [0, 0.1) is 0 Å². The first kappa shape index (κ1) is 22.5. The molecule has 0 aliphatic carbocycles. The zero-order chi connectivity index (χ0) is 23.0. The third-order valence-corrected chi connectivity index (χ3v) is 6.15. The summed E-state index contributed by atoms with van der Waals surface area (Å²) in [7, 11) is 0. The summed E-state index contributed by atoms with van der Waals surface area (Å²) in [6.07, 6.45) is -0.183. The van der Waals surface area contributed by atoms with E-state index in [9.17, 15) is 18.4 Å². The van der Waals surface area contributed by atoms with Crippen LogP contribution < -0.4 is 15.5 Å². The van der Waals surface area contributed by atoms with E-state index in [2.05, 4.69) is 15.6 Å². The number of carbonyl (C=O) groups is 2. The van der Waals surface area contributed by atoms with Crippen molar-refractivity contribution >= 4 is 34.9 Å². The molecule has 2 aromatic rings. The van der Waals surface area contributed by atoms with Crippen molar-refractivity contribution in [1.82, 2.24) is 10.3 Å². The Hall–Kier alpha value is -2.74. The molecule has 1 aromatic heterocycles. The van der Waals surface area contributed by atoms with Crippen molar-refractivity contribution in [3.8, 4) is 0 Å². The second-order valence-electron chi connectivity index (χ2n) is 8.59. The van der Waals surface area contributed by atoms with Gasteiger partial charge in [0.1, 0.15) is 5.82 Å². The highest BCUT2D eigenvalue weighted by Crippen LogP contribution is 2.34. The molecule has 4 rings (SSSR count). The van der Waals surface area contributed by atoms with Gasteiger partial charge in [-0.05, 0) is 36.1 Å². The van der Waals surface area contributed by atoms with Crippen LogP contribution in [0.1, 0.15) is 71.0 Å². The maximum absolute atomic E-state index is 13.9. The fraction of sp³-hybridized carbons (Fsp3) is 0.435. The minimum absolute atomic E-state index is 0.00186. The van der Waals surface area contributed by atoms with Gasteiger partial charge in [0.15, 0.2) is 0 Å². The topological polar surface area (TPSA) is 74.3 Å². The molecule has 0 spiro atoms. The van der Waals surface area contributed by atoms with Crippen LogP contribution in [-0.2, 0) is 6.54 Å². The fourth-order valence-electron chi connectivity index (χ4n) is 4.07. The molecule has 2 aliphatic rings. The summed E-state index contributed by atoms with van der Waals surface area (Å²) in [5.74, 6) is -3.02. The second kappa shape index (κ2) is 8.65. The first-order valence-electron chi connectivity index (χ1n) is 10.7. The van der Waals surface area contributed by atoms with E-state index in [0.717, 1.165) is 5.56 Å². The number of carbonyl (C=O) groups excluding carboxylic acids is 2. The van der Waals surface area contributed by atoms with Gasteiger partial charge in [0.25, 0.3) is 11.8 Å². The summed E-state index contributed by atoms with van der Waals surface area (Å²) in [5.41, 5.74) is 2.68. The number of fused-ring (bicyclic) bond motifs is 1. The van der Waals surface area contributed by atoms with Crippen molar-refractivity contribution in [2.24, 2.45) is 0 Å². The van der Waals surface area contributed by atoms with Gasteiger partial charge in [-0.15, -0.1) is 0 Å². The Labute approximate surface area is 190 Å². The zero-order valence-corrected chi connectivity index (χ0v) is 18.7. The van der Waals surface area contributed by atoms with Crippen molar-refractivity contribution in [1.29, 1.82) is 0 Å². The quantitative estimate of drug-likeness (QED) is 0.672. The molecule has 1 aromatic carbocycles. The van der Waals surface area contributed by atoms with Crippen molar-refractivity contribution < 1.29 is 18.4 Å². The largest absolute Gasteiger partial charge is 0.356 e. The average Bonchev–Trinajstić information content (AvgIpc) is 2.99. The molecular formula is C23H25ClF2N4O2. The van der Waals surface area contributed by atoms with Crippen molar-refractivity contribution in [3.05, 3.63) is 51.7 Å². The lowest BCUT2D eigenvalue weighted by molar-refractivity contribution is -0.0102. The smallest absolute Gasteiger partial charge is 0.259 e. The lowest BCUT2D eigenvalue weighted by Gasteiger charge is -2.25. The number of halogens is 3. The summed E-state index contributed by atoms with van der Waals surface area (Å²) in [5, 5.41) is 5.89. The molecule has 0 unspecified atom stereocenters. The molecule has 0 radical (unpaired) electrons. The molecule has 2 aliphatic heterocycles. The normalized spacial score (nSPS) is 17.7. The van der Waals surface area contributed by atoms with Crippen LogP contribution in [0.5, 0.6) is 0 Å². The number of anilines is 2. The van der Waals surface area contributed by atoms with Crippen molar-refractivity contribution in [3.63, 3.8) is 0 Å². The lowest BCUT2D eigenvalue weighted by Crippen LogP contribution is -2.30. The number of nitrogens with zero attached hydrogens (tertiary/aromatic N) is 2. The molecule has 3 heterocycles. The molecule has 2 N–H and O–H groups in total. The van der Waals surface area contributed by atoms with Crippen LogP contribution in [0.2, 0.25) is 5.02 Å². The molecule has 2 amide bonds. The van der Waals surface area contributed by atoms with E-state index in [0.29, 0.717) is 47.3 Å². The van der Waals surface area contributed by atoms with E-state index >= 15 is 0 Å². The van der Waals surface area contributed by atoms with E-state index in [-0.39, 0.29) is 36.8 Å². The van der Waals surface area contributed by atoms with Crippen LogP contribution in [0.4, 0.5) is 20.3 Å². The highest BCUT2D eigenvalue weighted by atomic mass is 35.5. The van der Waals surface area contributed by atoms with Gasteiger partial charge < -0.3 is 15.5 Å². The molecule has 9 heteroatoms. The number of amides is 2. The maximum atomic E-state index is 13.9. The highest BCUT2D eigenvalue weighted by Gasteiger charge is 2.33. The molecule has 1 saturated heterocycles. The number of aromatic nitrogens is 1. The van der Waals surface area contributed by atoms with Gasteiger partial charge in [0.2, 0.25) is 5.92 Å². The Morgan fingerprint density at radius 2 is 2.03 bits per heavy atom. The van der Waals surface area contributed by atoms with E-state index in [4.69, 9.17) is 11.6 Å². The lowest BCUT2D eigenvalue weighted by atomic mass is 10.1. The van der Waals surface area contributed by atoms with E-state index in [1.165, 1.54) is 0 Å². The summed E-state index contributed by atoms with van der Waals surface area (Å²) in [6, 6.07) is 6.69. The van der Waals surface area contributed by atoms with Gasteiger partial charge in [-0.2, -0.15) is 0 Å². The molecule has 0 saturated carbocycles. The monoisotopic (exact) mass is 462 g/mol. The number of nitrogens with one attached hydrogen (secondary N) is 2. The number of pyridine rings is 1. The first-order chi connectivity index (χ1) is 15.1. The Morgan fingerprint density at radius 1 is 1.25 bits per heavy atom. The average molecular weight is 463 g/mol. The van der Waals surface area contributed by atoms with Gasteiger partial charge in [-0.25, -0.2) is 13.8 Å². The number of alkyl halides is 2. The number of hydrogen-bond acceptors (Lipinski definition) is 4. The molecular weight excluding hydrogens is 438 g/mol. The van der Waals surface area contributed by atoms with Crippen molar-refractivity contribution in [2.75, 3.05) is 23.3 Å². The molecule has 6 nitrogen and oxygen atoms in total. The second-order valence-corrected chi connectivity index (χ2v) is 8.99. The van der Waals surface area contributed by atoms with Gasteiger partial charge in [-0.1, -0.05) is 31.5 Å². The minimum Gasteiger partial charge on any atom is -0.356 e. The minimum atomic E-state index is -2.73. The summed E-state index contributed by atoms with van der Waals surface area (Å²) in [4.78, 5) is 31.6. The number of rotatable bonds is 4. The highest BCUT2D eigenvalue weighted by molar-refractivity contribution is 6.32. The molecule has 1 fully saturated rings. The Kier molecular flexibility index (Phi) is 6.07. The Morgan fingerprint density at radius 3 is 2.78 bits per heavy atom. The van der Waals surface area contributed by atoms with Gasteiger partial charge in [-0.3, -0.25) is 9.59 Å². The molecule has 0 atom stereocenters. The maximum Gasteiger partial charge on any atom is 0.259 e. The predicted octanol–water partition coefficient (Wildman–Crippen LogP) is 4.98. The van der Waals surface area contributed by atoms with E-state index in [1.54, 1.807) is 29.2 Å². The molecule has 170 valence electrons. The van der Waals surface area contributed by atoms with Crippen molar-refractivity contribution in [2.45, 2.75) is 51.5 Å². The standard InChI is InChI=1S/C23H25ClF2N4O2/c1-13(2)19-18(24)11-17(20(29-19)30-8-3-6-23(25,26)7-9-30)22(32)28-15-5-4-14-12-27-21(31)16(14)10-15/h4-5,10-11,13H,3,6-9,12H2,1-2H3,(H,27,31)(H,28,32). The third kappa shape index (κ3) is 4.55. The summed E-state index contributed by atoms with van der Waals surface area (Å²) >= 11 is 6.42. The first-order valence-corrected chi connectivity index (χ1v) is 11.1. The van der Waals surface area contributed by atoms with Crippen LogP contribution >= 0.6 is 11.6 Å². The van der Waals surface area contributed by atoms with Crippen LogP contribution in [-0.4, -0.2) is 35.8 Å². The zero-order valence-electron chi connectivity index (χ0n) is 18.0. The van der Waals surface area contributed by atoms with Gasteiger partial charge in [0.05, 0.1) is 16.3 Å². The van der Waals surface area contributed by atoms with Crippen LogP contribution in [0.3, 0.4) is 0 Å². The fourth-order valence-corrected chi connectivity index (χ4v) is 4.44. The van der Waals surface area contributed by atoms with Gasteiger partial charge >= 0.3 is 0 Å². The number of benzene rings is 1. The Bertz CT molecular complexity index is 1070. The molecule has 32 heavy (non-hydrogen) atoms.